The Morgan fingerprint density at radius 3 is 2.41 bits per heavy atom. The summed E-state index contributed by atoms with van der Waals surface area (Å²) in [6, 6.07) is 8.62. The minimum Gasteiger partial charge on any atom is -0.376 e. The van der Waals surface area contributed by atoms with Gasteiger partial charge in [0.25, 0.3) is 0 Å². The van der Waals surface area contributed by atoms with Gasteiger partial charge in [0.1, 0.15) is 18.1 Å². The maximum absolute atomic E-state index is 5.49. The summed E-state index contributed by atoms with van der Waals surface area (Å²) in [5.74, 6) is 0. The van der Waals surface area contributed by atoms with E-state index in [0.29, 0.717) is 0 Å². The molecule has 3 nitrogen and oxygen atoms in total. The van der Waals surface area contributed by atoms with E-state index < -0.39 is 0 Å². The lowest BCUT2D eigenvalue weighted by atomic mass is 9.87. The predicted octanol–water partition coefficient (Wildman–Crippen LogP) is 1.55. The fourth-order valence-corrected chi connectivity index (χ4v) is 2.91. The van der Waals surface area contributed by atoms with E-state index in [-0.39, 0.29) is 5.41 Å². The molecule has 4 heteroatoms. The van der Waals surface area contributed by atoms with Crippen LogP contribution in [-0.4, -0.2) is 44.4 Å². The van der Waals surface area contributed by atoms with Gasteiger partial charge in [-0.2, -0.15) is 0 Å². The minimum atomic E-state index is 0.189. The Hall–Kier alpha value is -0.970. The first-order valence-corrected chi connectivity index (χ1v) is 8.68. The van der Waals surface area contributed by atoms with Crippen molar-refractivity contribution >= 4 is 17.2 Å². The highest BCUT2D eigenvalue weighted by molar-refractivity contribution is 7.80. The van der Waals surface area contributed by atoms with Crippen molar-refractivity contribution in [3.63, 3.8) is 0 Å². The van der Waals surface area contributed by atoms with E-state index in [2.05, 4.69) is 50.4 Å². The molecule has 1 aromatic carbocycles. The molecule has 1 heterocycles. The van der Waals surface area contributed by atoms with Gasteiger partial charge in [0.05, 0.1) is 19.8 Å². The van der Waals surface area contributed by atoms with Gasteiger partial charge in [-0.3, -0.25) is 0 Å². The standard InChI is InChI=1S/C18H28N2OS/c1-18(2,3)16-7-5-15(6-8-16)17(22)19-9-4-10-20-11-13-21-14-12-20/h5-8H,4,9-14H2,1-3H3,(H,19,22)/p+1. The molecule has 0 atom stereocenters. The Balaban J connectivity index is 1.72. The van der Waals surface area contributed by atoms with Crippen LogP contribution < -0.4 is 10.2 Å². The SMILES string of the molecule is CC(C)(C)c1ccc(C(=S)NCCC[NH+]2CCOCC2)cc1. The third kappa shape index (κ3) is 5.34. The molecule has 0 bridgehead atoms. The third-order valence-electron chi connectivity index (χ3n) is 4.21. The molecular weight excluding hydrogens is 292 g/mol. The van der Waals surface area contributed by atoms with E-state index in [1.54, 1.807) is 4.90 Å². The highest BCUT2D eigenvalue weighted by Crippen LogP contribution is 2.22. The lowest BCUT2D eigenvalue weighted by molar-refractivity contribution is -0.908. The van der Waals surface area contributed by atoms with Crippen molar-refractivity contribution in [2.45, 2.75) is 32.6 Å². The van der Waals surface area contributed by atoms with Gasteiger partial charge in [0.15, 0.2) is 0 Å². The molecule has 122 valence electrons. The summed E-state index contributed by atoms with van der Waals surface area (Å²) in [6.07, 6.45) is 1.15. The first-order chi connectivity index (χ1) is 10.5. The first-order valence-electron chi connectivity index (χ1n) is 8.27. The van der Waals surface area contributed by atoms with Crippen LogP contribution >= 0.6 is 12.2 Å². The summed E-state index contributed by atoms with van der Waals surface area (Å²) in [6.45, 7) is 12.9. The van der Waals surface area contributed by atoms with E-state index in [1.807, 2.05) is 0 Å². The summed E-state index contributed by atoms with van der Waals surface area (Å²) >= 11 is 5.49. The second kappa shape index (κ2) is 8.04. The Morgan fingerprint density at radius 2 is 1.82 bits per heavy atom. The first kappa shape index (κ1) is 17.4. The summed E-state index contributed by atoms with van der Waals surface area (Å²) in [4.78, 5) is 2.51. The van der Waals surface area contributed by atoms with E-state index in [1.165, 1.54) is 12.1 Å². The Labute approximate surface area is 140 Å². The number of quaternary nitrogens is 1. The van der Waals surface area contributed by atoms with Crippen LogP contribution in [-0.2, 0) is 10.2 Å². The smallest absolute Gasteiger partial charge is 0.106 e. The molecular formula is C18H29N2OS+. The molecule has 0 spiro atoms. The van der Waals surface area contributed by atoms with Gasteiger partial charge < -0.3 is 15.0 Å². The van der Waals surface area contributed by atoms with E-state index in [0.717, 1.165) is 49.8 Å². The van der Waals surface area contributed by atoms with Gasteiger partial charge in [-0.1, -0.05) is 57.3 Å². The van der Waals surface area contributed by atoms with Crippen molar-refractivity contribution in [3.05, 3.63) is 35.4 Å². The maximum atomic E-state index is 5.49. The number of nitrogens with one attached hydrogen (secondary N) is 2. The molecule has 22 heavy (non-hydrogen) atoms. The number of morpholine rings is 1. The van der Waals surface area contributed by atoms with Crippen LogP contribution in [0.25, 0.3) is 0 Å². The molecule has 0 unspecified atom stereocenters. The van der Waals surface area contributed by atoms with E-state index in [9.17, 15) is 0 Å². The summed E-state index contributed by atoms with van der Waals surface area (Å²) in [7, 11) is 0. The number of rotatable bonds is 5. The van der Waals surface area contributed by atoms with Crippen LogP contribution in [0.5, 0.6) is 0 Å². The quantitative estimate of drug-likeness (QED) is 0.636. The van der Waals surface area contributed by atoms with Crippen LogP contribution in [0.3, 0.4) is 0 Å². The van der Waals surface area contributed by atoms with Crippen molar-refractivity contribution < 1.29 is 9.64 Å². The molecule has 0 aliphatic carbocycles. The average Bonchev–Trinajstić information content (AvgIpc) is 2.52. The molecule has 2 rings (SSSR count). The molecule has 1 saturated heterocycles. The monoisotopic (exact) mass is 321 g/mol. The molecule has 0 amide bonds. The molecule has 2 N–H and O–H groups in total. The highest BCUT2D eigenvalue weighted by atomic mass is 32.1. The molecule has 1 fully saturated rings. The van der Waals surface area contributed by atoms with E-state index >= 15 is 0 Å². The van der Waals surface area contributed by atoms with Gasteiger partial charge >= 0.3 is 0 Å². The van der Waals surface area contributed by atoms with Crippen LogP contribution in [0, 0.1) is 0 Å². The van der Waals surface area contributed by atoms with Crippen molar-refractivity contribution in [3.8, 4) is 0 Å². The van der Waals surface area contributed by atoms with Gasteiger partial charge in [-0.05, 0) is 11.0 Å². The number of hydrogen-bond donors (Lipinski definition) is 2. The Morgan fingerprint density at radius 1 is 1.18 bits per heavy atom. The lowest BCUT2D eigenvalue weighted by Gasteiger charge is -2.23. The third-order valence-corrected chi connectivity index (χ3v) is 4.59. The van der Waals surface area contributed by atoms with Crippen LogP contribution in [0.4, 0.5) is 0 Å². The maximum Gasteiger partial charge on any atom is 0.106 e. The molecule has 1 aliphatic heterocycles. The van der Waals surface area contributed by atoms with Gasteiger partial charge in [0, 0.05) is 18.5 Å². The fourth-order valence-electron chi connectivity index (χ4n) is 2.67. The predicted molar refractivity (Wildman–Crippen MR) is 95.8 cm³/mol. The molecule has 1 aliphatic rings. The average molecular weight is 322 g/mol. The molecule has 1 aromatic rings. The lowest BCUT2D eigenvalue weighted by Crippen LogP contribution is -3.14. The summed E-state index contributed by atoms with van der Waals surface area (Å²) < 4.78 is 5.38. The number of hydrogen-bond acceptors (Lipinski definition) is 2. The topological polar surface area (TPSA) is 25.7 Å². The van der Waals surface area contributed by atoms with Crippen molar-refractivity contribution in [2.75, 3.05) is 39.4 Å². The molecule has 0 saturated carbocycles. The second-order valence-corrected chi connectivity index (χ2v) is 7.46. The van der Waals surface area contributed by atoms with Crippen molar-refractivity contribution in [1.82, 2.24) is 5.32 Å². The van der Waals surface area contributed by atoms with Crippen molar-refractivity contribution in [1.29, 1.82) is 0 Å². The fraction of sp³-hybridized carbons (Fsp3) is 0.611. The largest absolute Gasteiger partial charge is 0.376 e. The Kier molecular flexibility index (Phi) is 6.36. The van der Waals surface area contributed by atoms with Gasteiger partial charge in [-0.15, -0.1) is 0 Å². The van der Waals surface area contributed by atoms with E-state index in [4.69, 9.17) is 17.0 Å². The van der Waals surface area contributed by atoms with Gasteiger partial charge in [0.2, 0.25) is 0 Å². The Bertz CT molecular complexity index is 473. The number of ether oxygens (including phenoxy) is 1. The number of thiocarbonyl (C=S) groups is 1. The molecule has 0 aromatic heterocycles. The molecule has 0 radical (unpaired) electrons. The van der Waals surface area contributed by atoms with Crippen LogP contribution in [0.15, 0.2) is 24.3 Å². The zero-order chi connectivity index (χ0) is 16.0. The summed E-state index contributed by atoms with van der Waals surface area (Å²) in [5.41, 5.74) is 2.64. The van der Waals surface area contributed by atoms with Crippen LogP contribution in [0.1, 0.15) is 38.3 Å². The van der Waals surface area contributed by atoms with Crippen LogP contribution in [0.2, 0.25) is 0 Å². The summed E-state index contributed by atoms with van der Waals surface area (Å²) in [5, 5.41) is 3.38. The zero-order valence-corrected chi connectivity index (χ0v) is 14.9. The minimum absolute atomic E-state index is 0.189. The number of benzene rings is 1. The van der Waals surface area contributed by atoms with Crippen molar-refractivity contribution in [2.24, 2.45) is 0 Å². The highest BCUT2D eigenvalue weighted by Gasteiger charge is 2.14. The van der Waals surface area contributed by atoms with Gasteiger partial charge in [-0.25, -0.2) is 0 Å². The normalized spacial score (nSPS) is 16.5. The zero-order valence-electron chi connectivity index (χ0n) is 14.1. The second-order valence-electron chi connectivity index (χ2n) is 7.05.